The summed E-state index contributed by atoms with van der Waals surface area (Å²) in [5, 5.41) is 19.8. The number of thioether (sulfide) groups is 1. The lowest BCUT2D eigenvalue weighted by Gasteiger charge is -2.11. The molecule has 0 aromatic carbocycles. The Kier molecular flexibility index (Phi) is 4.64. The van der Waals surface area contributed by atoms with Crippen molar-refractivity contribution in [1.29, 1.82) is 0 Å². The molecule has 6 heteroatoms. The summed E-state index contributed by atoms with van der Waals surface area (Å²) in [5.74, 6) is -2.84. The van der Waals surface area contributed by atoms with Gasteiger partial charge in [0.25, 0.3) is 0 Å². The van der Waals surface area contributed by atoms with Gasteiger partial charge in [-0.3, -0.25) is 0 Å². The molecule has 0 unspecified atom stereocenters. The van der Waals surface area contributed by atoms with Crippen molar-refractivity contribution < 1.29 is 19.8 Å². The van der Waals surface area contributed by atoms with Crippen LogP contribution < -0.4 is 15.9 Å². The summed E-state index contributed by atoms with van der Waals surface area (Å²) in [4.78, 5) is 19.8. The molecule has 5 nitrogen and oxygen atoms in total. The fourth-order valence-electron chi connectivity index (χ4n) is 0.337. The number of carboxylic acid groups (broad SMARTS) is 2. The Morgan fingerprint density at radius 1 is 1.45 bits per heavy atom. The van der Waals surface area contributed by atoms with Gasteiger partial charge >= 0.3 is 0 Å². The van der Waals surface area contributed by atoms with Gasteiger partial charge in [-0.25, -0.2) is 0 Å². The van der Waals surface area contributed by atoms with Gasteiger partial charge in [0.2, 0.25) is 0 Å². The molecular formula is C5H7NO4S-2. The van der Waals surface area contributed by atoms with Gasteiger partial charge in [0.1, 0.15) is 0 Å². The Balaban J connectivity index is 3.39. The van der Waals surface area contributed by atoms with Crippen molar-refractivity contribution >= 4 is 23.7 Å². The highest BCUT2D eigenvalue weighted by atomic mass is 32.2. The second-order valence-corrected chi connectivity index (χ2v) is 2.84. The van der Waals surface area contributed by atoms with E-state index in [2.05, 4.69) is 0 Å². The van der Waals surface area contributed by atoms with Gasteiger partial charge in [-0.15, -0.1) is 0 Å². The minimum absolute atomic E-state index is 0.0241. The summed E-state index contributed by atoms with van der Waals surface area (Å²) in [6.07, 6.45) is 0. The van der Waals surface area contributed by atoms with Crippen LogP contribution in [0, 0.1) is 0 Å². The third-order valence-corrected chi connectivity index (χ3v) is 1.85. The number of carbonyl (C=O) groups is 2. The summed E-state index contributed by atoms with van der Waals surface area (Å²) >= 11 is 0.890. The molecule has 0 aromatic heterocycles. The smallest absolute Gasteiger partial charge is 0.0590 e. The van der Waals surface area contributed by atoms with Crippen molar-refractivity contribution in [3.05, 3.63) is 0 Å². The third kappa shape index (κ3) is 5.68. The van der Waals surface area contributed by atoms with Crippen LogP contribution in [0.5, 0.6) is 0 Å². The maximum Gasteiger partial charge on any atom is 0.0590 e. The van der Waals surface area contributed by atoms with E-state index in [0.717, 1.165) is 11.8 Å². The predicted molar refractivity (Wildman–Crippen MR) is 35.3 cm³/mol. The Bertz CT molecular complexity index is 161. The molecule has 0 saturated heterocycles. The SMILES string of the molecule is N[C@@H](CSCC(=O)[O-])C(=O)[O-]. The number of carbonyl (C=O) groups excluding carboxylic acids is 2. The maximum absolute atomic E-state index is 9.96. The Labute approximate surface area is 67.6 Å². The zero-order valence-electron chi connectivity index (χ0n) is 5.61. The van der Waals surface area contributed by atoms with Crippen LogP contribution in [0.2, 0.25) is 0 Å². The first-order chi connectivity index (χ1) is 5.04. The Morgan fingerprint density at radius 3 is 2.36 bits per heavy atom. The first kappa shape index (κ1) is 10.2. The van der Waals surface area contributed by atoms with Gasteiger partial charge in [-0.05, 0) is 0 Å². The first-order valence-corrected chi connectivity index (χ1v) is 3.93. The summed E-state index contributed by atoms with van der Waals surface area (Å²) in [6, 6.07) is -1.11. The highest BCUT2D eigenvalue weighted by Crippen LogP contribution is 1.99. The monoisotopic (exact) mass is 177 g/mol. The number of carboxylic acids is 2. The van der Waals surface area contributed by atoms with Crippen LogP contribution in [-0.2, 0) is 9.59 Å². The Morgan fingerprint density at radius 2 is 2.00 bits per heavy atom. The van der Waals surface area contributed by atoms with E-state index in [1.807, 2.05) is 0 Å². The van der Waals surface area contributed by atoms with Gasteiger partial charge < -0.3 is 25.5 Å². The lowest BCUT2D eigenvalue weighted by molar-refractivity contribution is -0.307. The lowest BCUT2D eigenvalue weighted by atomic mass is 10.4. The molecule has 0 saturated carbocycles. The van der Waals surface area contributed by atoms with Crippen LogP contribution in [0.4, 0.5) is 0 Å². The normalized spacial score (nSPS) is 12.5. The molecule has 0 amide bonds. The largest absolute Gasteiger partial charge is 0.549 e. The zero-order valence-corrected chi connectivity index (χ0v) is 6.43. The highest BCUT2D eigenvalue weighted by molar-refractivity contribution is 7.99. The van der Waals surface area contributed by atoms with Crippen molar-refractivity contribution in [3.8, 4) is 0 Å². The summed E-state index contributed by atoms with van der Waals surface area (Å²) in [7, 11) is 0. The molecule has 0 radical (unpaired) electrons. The fraction of sp³-hybridized carbons (Fsp3) is 0.600. The van der Waals surface area contributed by atoms with E-state index in [1.165, 1.54) is 0 Å². The molecule has 11 heavy (non-hydrogen) atoms. The van der Waals surface area contributed by atoms with E-state index < -0.39 is 18.0 Å². The number of hydrogen-bond donors (Lipinski definition) is 1. The van der Waals surface area contributed by atoms with Crippen LogP contribution in [0.25, 0.3) is 0 Å². The molecule has 1 atom stereocenters. The van der Waals surface area contributed by atoms with Gasteiger partial charge in [0.15, 0.2) is 0 Å². The van der Waals surface area contributed by atoms with Crippen LogP contribution in [-0.4, -0.2) is 29.5 Å². The summed E-state index contributed by atoms with van der Waals surface area (Å²) in [5.41, 5.74) is 5.01. The minimum atomic E-state index is -1.38. The predicted octanol–water partition coefficient (Wildman–Crippen LogP) is -3.45. The lowest BCUT2D eigenvalue weighted by Crippen LogP contribution is -2.43. The summed E-state index contributed by atoms with van der Waals surface area (Å²) < 4.78 is 0. The third-order valence-electron chi connectivity index (χ3n) is 0.820. The molecule has 0 aliphatic carbocycles. The molecule has 0 fully saturated rings. The maximum atomic E-state index is 9.96. The highest BCUT2D eigenvalue weighted by Gasteiger charge is 2.01. The van der Waals surface area contributed by atoms with Crippen molar-refractivity contribution in [2.75, 3.05) is 11.5 Å². The standard InChI is InChI=1S/C5H9NO4S/c6-3(5(9)10)1-11-2-4(7)8/h3H,1-2,6H2,(H,7,8)(H,9,10)/p-2/t3-/m0/s1. The van der Waals surface area contributed by atoms with Crippen LogP contribution in [0.3, 0.4) is 0 Å². The molecular weight excluding hydrogens is 170 g/mol. The second kappa shape index (κ2) is 4.97. The average Bonchev–Trinajstić information content (AvgIpc) is 1.86. The topological polar surface area (TPSA) is 106 Å². The van der Waals surface area contributed by atoms with E-state index in [1.54, 1.807) is 0 Å². The van der Waals surface area contributed by atoms with E-state index in [0.29, 0.717) is 0 Å². The number of rotatable bonds is 5. The molecule has 0 aromatic rings. The van der Waals surface area contributed by atoms with Gasteiger partial charge in [-0.2, -0.15) is 11.8 Å². The van der Waals surface area contributed by atoms with E-state index in [4.69, 9.17) is 5.73 Å². The van der Waals surface area contributed by atoms with E-state index >= 15 is 0 Å². The van der Waals surface area contributed by atoms with E-state index in [-0.39, 0.29) is 11.5 Å². The second-order valence-electron chi connectivity index (χ2n) is 1.81. The van der Waals surface area contributed by atoms with Gasteiger partial charge in [0.05, 0.1) is 18.0 Å². The number of nitrogens with two attached hydrogens (primary N) is 1. The molecule has 0 spiro atoms. The van der Waals surface area contributed by atoms with Crippen LogP contribution >= 0.6 is 11.8 Å². The molecule has 0 rings (SSSR count). The van der Waals surface area contributed by atoms with Crippen molar-refractivity contribution in [2.24, 2.45) is 5.73 Å². The zero-order chi connectivity index (χ0) is 8.85. The molecule has 0 heterocycles. The first-order valence-electron chi connectivity index (χ1n) is 2.78. The quantitative estimate of drug-likeness (QED) is 0.468. The van der Waals surface area contributed by atoms with Gasteiger partial charge in [-0.1, -0.05) is 0 Å². The number of aliphatic carboxylic acids is 2. The van der Waals surface area contributed by atoms with Crippen LogP contribution in [0.1, 0.15) is 0 Å². The molecule has 64 valence electrons. The average molecular weight is 177 g/mol. The van der Waals surface area contributed by atoms with Crippen molar-refractivity contribution in [3.63, 3.8) is 0 Å². The van der Waals surface area contributed by atoms with Crippen molar-refractivity contribution in [2.45, 2.75) is 6.04 Å². The molecule has 0 aliphatic rings. The van der Waals surface area contributed by atoms with E-state index in [9.17, 15) is 19.8 Å². The number of hydrogen-bond acceptors (Lipinski definition) is 6. The van der Waals surface area contributed by atoms with Crippen molar-refractivity contribution in [1.82, 2.24) is 0 Å². The van der Waals surface area contributed by atoms with Crippen LogP contribution in [0.15, 0.2) is 0 Å². The molecule has 0 aliphatic heterocycles. The van der Waals surface area contributed by atoms with Gasteiger partial charge in [0, 0.05) is 11.5 Å². The Hall–Kier alpha value is -0.750. The molecule has 0 bridgehead atoms. The fourth-order valence-corrected chi connectivity index (χ4v) is 1.01. The molecule has 2 N–H and O–H groups in total. The minimum Gasteiger partial charge on any atom is -0.549 e. The summed E-state index contributed by atoms with van der Waals surface area (Å²) in [6.45, 7) is 0.